The highest BCUT2D eigenvalue weighted by Crippen LogP contribution is 2.14. The Labute approximate surface area is 108 Å². The predicted molar refractivity (Wildman–Crippen MR) is 67.0 cm³/mol. The number of aromatic nitrogens is 2. The zero-order chi connectivity index (χ0) is 13.8. The highest BCUT2D eigenvalue weighted by molar-refractivity contribution is 5.99. The Hall–Kier alpha value is -2.88. The van der Waals surface area contributed by atoms with Gasteiger partial charge in [0.1, 0.15) is 23.3 Å². The molecule has 2 aromatic rings. The Balaban J connectivity index is 2.10. The number of nitriles is 1. The van der Waals surface area contributed by atoms with Gasteiger partial charge in [0.25, 0.3) is 0 Å². The molecule has 0 saturated carbocycles. The number of rotatable bonds is 2. The quantitative estimate of drug-likeness (QED) is 0.866. The molecule has 0 radical (unpaired) electrons. The fourth-order valence-corrected chi connectivity index (χ4v) is 1.50. The monoisotopic (exact) mass is 259 g/mol. The highest BCUT2D eigenvalue weighted by atomic mass is 19.1. The molecule has 1 aromatic carbocycles. The molecule has 0 bridgehead atoms. The molecule has 19 heavy (non-hydrogen) atoms. The van der Waals surface area contributed by atoms with Gasteiger partial charge in [-0.15, -0.1) is 0 Å². The standard InChI is InChI=1S/C12H10FN5O/c1-18-11(8(6-14)7-15-18)17-12(19)16-10-4-2-3-9(13)5-10/h2-5,7H,1H3,(H2,16,17,19). The van der Waals surface area contributed by atoms with Crippen molar-refractivity contribution in [2.24, 2.45) is 7.05 Å². The summed E-state index contributed by atoms with van der Waals surface area (Å²) in [5.41, 5.74) is 0.565. The maximum atomic E-state index is 12.9. The van der Waals surface area contributed by atoms with E-state index in [1.165, 1.54) is 29.1 Å². The molecule has 0 spiro atoms. The third-order valence-corrected chi connectivity index (χ3v) is 2.37. The Kier molecular flexibility index (Phi) is 3.43. The van der Waals surface area contributed by atoms with Crippen LogP contribution in [0.15, 0.2) is 30.5 Å². The summed E-state index contributed by atoms with van der Waals surface area (Å²) in [4.78, 5) is 11.7. The average molecular weight is 259 g/mol. The number of benzene rings is 1. The first-order valence-electron chi connectivity index (χ1n) is 5.36. The Morgan fingerprint density at radius 1 is 1.47 bits per heavy atom. The van der Waals surface area contributed by atoms with E-state index in [2.05, 4.69) is 15.7 Å². The summed E-state index contributed by atoms with van der Waals surface area (Å²) in [7, 11) is 1.60. The van der Waals surface area contributed by atoms with Gasteiger partial charge in [0.15, 0.2) is 0 Å². The van der Waals surface area contributed by atoms with E-state index in [0.29, 0.717) is 5.69 Å². The van der Waals surface area contributed by atoms with Crippen molar-refractivity contribution in [1.29, 1.82) is 5.26 Å². The van der Waals surface area contributed by atoms with Crippen LogP contribution < -0.4 is 10.6 Å². The zero-order valence-electron chi connectivity index (χ0n) is 10.0. The molecule has 0 aliphatic rings. The lowest BCUT2D eigenvalue weighted by molar-refractivity contribution is 0.262. The number of urea groups is 1. The van der Waals surface area contributed by atoms with Crippen molar-refractivity contribution in [3.63, 3.8) is 0 Å². The minimum atomic E-state index is -0.578. The van der Waals surface area contributed by atoms with Crippen molar-refractivity contribution in [3.8, 4) is 6.07 Å². The number of anilines is 2. The van der Waals surface area contributed by atoms with E-state index in [1.807, 2.05) is 6.07 Å². The van der Waals surface area contributed by atoms with Gasteiger partial charge >= 0.3 is 6.03 Å². The van der Waals surface area contributed by atoms with E-state index in [-0.39, 0.29) is 11.4 Å². The van der Waals surface area contributed by atoms with Crippen LogP contribution in [0.25, 0.3) is 0 Å². The van der Waals surface area contributed by atoms with Crippen LogP contribution >= 0.6 is 0 Å². The normalized spacial score (nSPS) is 9.74. The van der Waals surface area contributed by atoms with Crippen LogP contribution in [0, 0.1) is 17.1 Å². The summed E-state index contributed by atoms with van der Waals surface area (Å²) >= 11 is 0. The number of carbonyl (C=O) groups is 1. The van der Waals surface area contributed by atoms with E-state index in [1.54, 1.807) is 13.1 Å². The van der Waals surface area contributed by atoms with Crippen LogP contribution in [0.3, 0.4) is 0 Å². The number of halogens is 1. The minimum Gasteiger partial charge on any atom is -0.308 e. The Morgan fingerprint density at radius 3 is 2.95 bits per heavy atom. The van der Waals surface area contributed by atoms with Gasteiger partial charge in [0.05, 0.1) is 6.20 Å². The molecule has 2 N–H and O–H groups in total. The number of aryl methyl sites for hydroxylation is 1. The second kappa shape index (κ2) is 5.18. The summed E-state index contributed by atoms with van der Waals surface area (Å²) in [6.07, 6.45) is 1.35. The average Bonchev–Trinajstić information content (AvgIpc) is 2.70. The van der Waals surface area contributed by atoms with Crippen molar-refractivity contribution in [3.05, 3.63) is 41.8 Å². The molecule has 0 aliphatic carbocycles. The second-order valence-electron chi connectivity index (χ2n) is 3.73. The lowest BCUT2D eigenvalue weighted by Crippen LogP contribution is -2.21. The van der Waals surface area contributed by atoms with E-state index < -0.39 is 11.8 Å². The molecule has 2 amide bonds. The lowest BCUT2D eigenvalue weighted by Gasteiger charge is -2.08. The third-order valence-electron chi connectivity index (χ3n) is 2.37. The number of hydrogen-bond donors (Lipinski definition) is 2. The smallest absolute Gasteiger partial charge is 0.308 e. The van der Waals surface area contributed by atoms with Crippen molar-refractivity contribution in [2.75, 3.05) is 10.6 Å². The Bertz CT molecular complexity index is 658. The van der Waals surface area contributed by atoms with Crippen molar-refractivity contribution >= 4 is 17.5 Å². The van der Waals surface area contributed by atoms with Gasteiger partial charge in [-0.3, -0.25) is 10.00 Å². The molecule has 0 aliphatic heterocycles. The van der Waals surface area contributed by atoms with Gasteiger partial charge in [-0.1, -0.05) is 6.07 Å². The van der Waals surface area contributed by atoms with Crippen LogP contribution in [0.4, 0.5) is 20.7 Å². The zero-order valence-corrected chi connectivity index (χ0v) is 10.0. The largest absolute Gasteiger partial charge is 0.324 e. The number of nitrogens with zero attached hydrogens (tertiary/aromatic N) is 3. The van der Waals surface area contributed by atoms with Crippen LogP contribution in [-0.4, -0.2) is 15.8 Å². The van der Waals surface area contributed by atoms with E-state index in [9.17, 15) is 9.18 Å². The van der Waals surface area contributed by atoms with E-state index in [4.69, 9.17) is 5.26 Å². The van der Waals surface area contributed by atoms with Gasteiger partial charge in [0.2, 0.25) is 0 Å². The molecule has 1 aromatic heterocycles. The highest BCUT2D eigenvalue weighted by Gasteiger charge is 2.11. The Morgan fingerprint density at radius 2 is 2.26 bits per heavy atom. The van der Waals surface area contributed by atoms with Crippen LogP contribution in [0.2, 0.25) is 0 Å². The first-order valence-corrected chi connectivity index (χ1v) is 5.36. The summed E-state index contributed by atoms with van der Waals surface area (Å²) in [6, 6.07) is 6.83. The van der Waals surface area contributed by atoms with Crippen LogP contribution in [0.5, 0.6) is 0 Å². The van der Waals surface area contributed by atoms with Gasteiger partial charge in [-0.25, -0.2) is 9.18 Å². The van der Waals surface area contributed by atoms with E-state index >= 15 is 0 Å². The van der Waals surface area contributed by atoms with Crippen LogP contribution in [0.1, 0.15) is 5.56 Å². The van der Waals surface area contributed by atoms with Crippen molar-refractivity contribution < 1.29 is 9.18 Å². The number of nitrogens with one attached hydrogen (secondary N) is 2. The fraction of sp³-hybridized carbons (Fsp3) is 0.0833. The summed E-state index contributed by atoms with van der Waals surface area (Å²) in [5, 5.41) is 17.6. The predicted octanol–water partition coefficient (Wildman–Crippen LogP) is 2.07. The molecule has 0 atom stereocenters. The van der Waals surface area contributed by atoms with Gasteiger partial charge < -0.3 is 5.32 Å². The van der Waals surface area contributed by atoms with Gasteiger partial charge in [0, 0.05) is 12.7 Å². The summed E-state index contributed by atoms with van der Waals surface area (Å²) in [5.74, 6) is -0.174. The third kappa shape index (κ3) is 2.87. The topological polar surface area (TPSA) is 82.7 Å². The number of amides is 2. The van der Waals surface area contributed by atoms with Gasteiger partial charge in [-0.05, 0) is 18.2 Å². The molecule has 96 valence electrons. The maximum absolute atomic E-state index is 12.9. The van der Waals surface area contributed by atoms with Crippen molar-refractivity contribution in [2.45, 2.75) is 0 Å². The molecule has 6 nitrogen and oxygen atoms in total. The van der Waals surface area contributed by atoms with E-state index in [0.717, 1.165) is 0 Å². The molecule has 1 heterocycles. The first kappa shape index (κ1) is 12.6. The second-order valence-corrected chi connectivity index (χ2v) is 3.73. The molecular weight excluding hydrogens is 249 g/mol. The van der Waals surface area contributed by atoms with Gasteiger partial charge in [-0.2, -0.15) is 10.4 Å². The molecule has 7 heteroatoms. The summed E-state index contributed by atoms with van der Waals surface area (Å²) < 4.78 is 14.3. The lowest BCUT2D eigenvalue weighted by atomic mass is 10.3. The van der Waals surface area contributed by atoms with Crippen molar-refractivity contribution in [1.82, 2.24) is 9.78 Å². The number of carbonyl (C=O) groups excluding carboxylic acids is 1. The molecule has 0 fully saturated rings. The summed E-state index contributed by atoms with van der Waals surface area (Å²) in [6.45, 7) is 0. The fourth-order valence-electron chi connectivity index (χ4n) is 1.50. The molecule has 0 unspecified atom stereocenters. The molecular formula is C12H10FN5O. The molecule has 0 saturated heterocycles. The van der Waals surface area contributed by atoms with Crippen LogP contribution in [-0.2, 0) is 7.05 Å². The SMILES string of the molecule is Cn1ncc(C#N)c1NC(=O)Nc1cccc(F)c1. The molecule has 2 rings (SSSR count). The first-order chi connectivity index (χ1) is 9.10. The number of hydrogen-bond acceptors (Lipinski definition) is 3. The minimum absolute atomic E-state index is 0.247. The maximum Gasteiger partial charge on any atom is 0.324 e.